The maximum absolute atomic E-state index is 5.33. The van der Waals surface area contributed by atoms with Gasteiger partial charge < -0.3 is 0 Å². The summed E-state index contributed by atoms with van der Waals surface area (Å²) in [6.45, 7) is 0. The van der Waals surface area contributed by atoms with Crippen LogP contribution in [0.15, 0.2) is 127 Å². The van der Waals surface area contributed by atoms with Gasteiger partial charge >= 0.3 is 0 Å². The van der Waals surface area contributed by atoms with Gasteiger partial charge in [-0.05, 0) is 90.0 Å². The Bertz CT molecular complexity index is 3660. The number of nitrogens with zero attached hydrogens (tertiary/aromatic N) is 3. The van der Waals surface area contributed by atoms with Gasteiger partial charge in [0.2, 0.25) is 0 Å². The van der Waals surface area contributed by atoms with Gasteiger partial charge in [0, 0.05) is 16.7 Å². The lowest BCUT2D eigenvalue weighted by Gasteiger charge is -2.25. The third-order valence-electron chi connectivity index (χ3n) is 15.5. The smallest absolute Gasteiger partial charge is 0.164 e. The Labute approximate surface area is 399 Å². The monoisotopic (exact) mass is 831 g/mol. The van der Waals surface area contributed by atoms with Crippen molar-refractivity contribution >= 4 is 192 Å². The van der Waals surface area contributed by atoms with E-state index in [-0.39, 0.29) is 0 Å². The highest BCUT2D eigenvalue weighted by molar-refractivity contribution is 6.72. The van der Waals surface area contributed by atoms with Crippen LogP contribution in [0, 0.1) is 0 Å². The summed E-state index contributed by atoms with van der Waals surface area (Å²) in [5.74, 6) is 1.92. The van der Waals surface area contributed by atoms with E-state index in [0.29, 0.717) is 17.5 Å². The van der Waals surface area contributed by atoms with Gasteiger partial charge in [-0.2, -0.15) is 0 Å². The van der Waals surface area contributed by atoms with E-state index in [0.717, 1.165) is 33.2 Å². The van der Waals surface area contributed by atoms with Gasteiger partial charge in [0.15, 0.2) is 17.5 Å². The first-order valence-corrected chi connectivity index (χ1v) is 23.3. The first kappa shape index (κ1) is 43.4. The molecule has 0 spiro atoms. The summed E-state index contributed by atoms with van der Waals surface area (Å²) in [5.41, 5.74) is 26.4. The van der Waals surface area contributed by atoms with Gasteiger partial charge in [0.25, 0.3) is 0 Å². The molecule has 9 aromatic carbocycles. The predicted molar refractivity (Wildman–Crippen MR) is 323 cm³/mol. The molecule has 1 heterocycles. The Morgan fingerprint density at radius 3 is 1.27 bits per heavy atom. The lowest BCUT2D eigenvalue weighted by molar-refractivity contribution is 1.07. The molecule has 0 aliphatic rings. The van der Waals surface area contributed by atoms with Crippen molar-refractivity contribution in [1.82, 2.24) is 15.0 Å². The molecule has 0 fully saturated rings. The normalized spacial score (nSPS) is 11.5. The Hall–Kier alpha value is -6.45. The molecule has 66 heavy (non-hydrogen) atoms. The molecule has 0 bridgehead atoms. The third-order valence-corrected chi connectivity index (χ3v) is 15.5. The molecule has 0 saturated heterocycles. The third kappa shape index (κ3) is 7.14. The standard InChI is InChI=1S/C51H45B12N3/c52-37-33(35-36(41(56)43(37)58)42(57)47(62)46(61)40(35)55)26-9-4-11-29(21-26)50-64-49(28-10-3-8-25(20-28)32-13-5-7-22-6-1-2-12-31(22)32)65-51(66-50)30-17-15-23-18-27(16-14-24(23)19-30)34-38(53)44(59)48(63)45(60)39(34)54/h1-21H,52-63H2. The van der Waals surface area contributed by atoms with Crippen molar-refractivity contribution in [3.8, 4) is 67.5 Å². The van der Waals surface area contributed by atoms with E-state index in [2.05, 4.69) is 222 Å². The van der Waals surface area contributed by atoms with Crippen LogP contribution in [0.25, 0.3) is 99.9 Å². The zero-order chi connectivity index (χ0) is 46.3. The van der Waals surface area contributed by atoms with Crippen LogP contribution in [-0.2, 0) is 0 Å². The molecule has 0 unspecified atom stereocenters. The molecule has 0 atom stereocenters. The number of hydrogen-bond donors (Lipinski definition) is 0. The van der Waals surface area contributed by atoms with Crippen molar-refractivity contribution < 1.29 is 0 Å². The summed E-state index contributed by atoms with van der Waals surface area (Å²) in [5, 5.41) is 7.46. The zero-order valence-electron chi connectivity index (χ0n) is 40.5. The van der Waals surface area contributed by atoms with Crippen LogP contribution in [-0.4, -0.2) is 109 Å². The van der Waals surface area contributed by atoms with E-state index in [1.54, 1.807) is 0 Å². The molecular weight excluding hydrogens is 784 g/mol. The van der Waals surface area contributed by atoms with Gasteiger partial charge in [-0.1, -0.05) is 136 Å². The van der Waals surface area contributed by atoms with Crippen molar-refractivity contribution in [1.29, 1.82) is 0 Å². The summed E-state index contributed by atoms with van der Waals surface area (Å²) in [6.07, 6.45) is 0. The average molecular weight is 830 g/mol. The average Bonchev–Trinajstić information content (AvgIpc) is 3.35. The zero-order valence-corrected chi connectivity index (χ0v) is 40.5. The number of fused-ring (bicyclic) bond motifs is 3. The van der Waals surface area contributed by atoms with E-state index >= 15 is 0 Å². The Kier molecular flexibility index (Phi) is 11.0. The van der Waals surface area contributed by atoms with Crippen molar-refractivity contribution in [3.05, 3.63) is 127 Å². The number of hydrogen-bond acceptors (Lipinski definition) is 3. The number of rotatable bonds is 6. The first-order valence-electron chi connectivity index (χ1n) is 23.3. The Morgan fingerprint density at radius 2 is 0.652 bits per heavy atom. The summed E-state index contributed by atoms with van der Waals surface area (Å²) in [4.78, 5) is 16.0. The number of aromatic nitrogens is 3. The lowest BCUT2D eigenvalue weighted by Crippen LogP contribution is -2.55. The van der Waals surface area contributed by atoms with Crippen LogP contribution in [0.4, 0.5) is 0 Å². The minimum absolute atomic E-state index is 0.638. The second-order valence-corrected chi connectivity index (χ2v) is 18.8. The van der Waals surface area contributed by atoms with Gasteiger partial charge in [0.05, 0.1) is 0 Å². The van der Waals surface area contributed by atoms with E-state index in [1.165, 1.54) is 115 Å². The fourth-order valence-electron chi connectivity index (χ4n) is 10.7. The highest BCUT2D eigenvalue weighted by Crippen LogP contribution is 2.34. The molecule has 0 amide bonds. The fraction of sp³-hybridized carbons (Fsp3) is 0. The predicted octanol–water partition coefficient (Wildman–Crippen LogP) is -7.57. The largest absolute Gasteiger partial charge is 0.208 e. The van der Waals surface area contributed by atoms with Gasteiger partial charge in [-0.25, -0.2) is 15.0 Å². The molecule has 1 aromatic heterocycles. The maximum Gasteiger partial charge on any atom is 0.164 e. The molecule has 0 N–H and O–H groups in total. The molecule has 10 aromatic rings. The minimum Gasteiger partial charge on any atom is -0.208 e. The molecule has 10 rings (SSSR count). The van der Waals surface area contributed by atoms with Crippen LogP contribution in [0.1, 0.15) is 0 Å². The van der Waals surface area contributed by atoms with Crippen molar-refractivity contribution in [3.63, 3.8) is 0 Å². The number of benzene rings is 9. The molecule has 0 aliphatic carbocycles. The molecule has 300 valence electrons. The molecule has 15 heteroatoms. The molecule has 3 nitrogen and oxygen atoms in total. The quantitative estimate of drug-likeness (QED) is 0.157. The molecule has 0 saturated carbocycles. The topological polar surface area (TPSA) is 38.7 Å². The van der Waals surface area contributed by atoms with Crippen LogP contribution < -0.4 is 65.6 Å². The molecule has 0 aliphatic heterocycles. The van der Waals surface area contributed by atoms with Gasteiger partial charge in [-0.15, -0.1) is 32.8 Å². The highest BCUT2D eigenvalue weighted by Gasteiger charge is 2.21. The van der Waals surface area contributed by atoms with E-state index in [1.807, 2.05) is 0 Å². The summed E-state index contributed by atoms with van der Waals surface area (Å²) >= 11 is 0. The SMILES string of the molecule is Bc1c(B)c(B)c(-c2ccc3cc(-c4nc(-c5cccc(-c6cccc7ccccc67)c5)nc(-c5cccc(-c6c(B)c(B)c(B)c7c(B)c(B)c(B)c(B)c67)c5)n4)ccc3c2)c(B)c1B. The van der Waals surface area contributed by atoms with Gasteiger partial charge in [0.1, 0.15) is 94.2 Å². The maximum atomic E-state index is 5.33. The van der Waals surface area contributed by atoms with E-state index < -0.39 is 0 Å². The van der Waals surface area contributed by atoms with Crippen LogP contribution in [0.3, 0.4) is 0 Å². The lowest BCUT2D eigenvalue weighted by atomic mass is 9.59. The van der Waals surface area contributed by atoms with E-state index in [9.17, 15) is 0 Å². The van der Waals surface area contributed by atoms with Crippen molar-refractivity contribution in [2.75, 3.05) is 0 Å². The Balaban J connectivity index is 1.15. The molecular formula is C51H45B12N3. The second-order valence-electron chi connectivity index (χ2n) is 18.8. The molecule has 0 radical (unpaired) electrons. The second kappa shape index (κ2) is 16.8. The van der Waals surface area contributed by atoms with Gasteiger partial charge in [-0.3, -0.25) is 0 Å². The van der Waals surface area contributed by atoms with Crippen LogP contribution >= 0.6 is 0 Å². The van der Waals surface area contributed by atoms with Crippen molar-refractivity contribution in [2.24, 2.45) is 0 Å². The summed E-state index contributed by atoms with van der Waals surface area (Å²) in [7, 11) is 27.2. The van der Waals surface area contributed by atoms with E-state index in [4.69, 9.17) is 15.0 Å². The minimum atomic E-state index is 0.638. The fourth-order valence-corrected chi connectivity index (χ4v) is 10.7. The summed E-state index contributed by atoms with van der Waals surface area (Å²) < 4.78 is 0. The highest BCUT2D eigenvalue weighted by atomic mass is 15.0. The van der Waals surface area contributed by atoms with Crippen LogP contribution in [0.2, 0.25) is 0 Å². The first-order chi connectivity index (χ1) is 31.7. The Morgan fingerprint density at radius 1 is 0.258 bits per heavy atom. The van der Waals surface area contributed by atoms with Crippen LogP contribution in [0.5, 0.6) is 0 Å². The van der Waals surface area contributed by atoms with Crippen molar-refractivity contribution in [2.45, 2.75) is 0 Å². The summed E-state index contributed by atoms with van der Waals surface area (Å²) in [6, 6.07) is 46.0.